The molecule has 0 aliphatic carbocycles. The van der Waals surface area contributed by atoms with Crippen molar-refractivity contribution in [1.82, 2.24) is 10.9 Å². The minimum atomic E-state index is -0.260. The average Bonchev–Trinajstić information content (AvgIpc) is 2.75. The minimum Gasteiger partial charge on any atom is -0.267 e. The number of hydrazone groups is 2. The van der Waals surface area contributed by atoms with Gasteiger partial charge >= 0.3 is 0 Å². The number of hydrogen-bond donors (Lipinski definition) is 2. The van der Waals surface area contributed by atoms with E-state index in [4.69, 9.17) is 0 Å². The van der Waals surface area contributed by atoms with Gasteiger partial charge in [-0.2, -0.15) is 10.2 Å². The van der Waals surface area contributed by atoms with Gasteiger partial charge < -0.3 is 0 Å². The molecule has 3 aromatic carbocycles. The van der Waals surface area contributed by atoms with Crippen molar-refractivity contribution in [3.8, 4) is 0 Å². The number of nitrogens with zero attached hydrogens (tertiary/aromatic N) is 2. The molecule has 0 saturated carbocycles. The number of nitrogens with one attached hydrogen (secondary N) is 2. The van der Waals surface area contributed by atoms with Crippen molar-refractivity contribution in [2.24, 2.45) is 10.2 Å². The Kier molecular flexibility index (Phi) is 8.08. The summed E-state index contributed by atoms with van der Waals surface area (Å²) in [4.78, 5) is 24.2. The summed E-state index contributed by atoms with van der Waals surface area (Å²) in [6.45, 7) is 0. The van der Waals surface area contributed by atoms with Crippen LogP contribution in [0.4, 0.5) is 0 Å². The van der Waals surface area contributed by atoms with Gasteiger partial charge in [0.15, 0.2) is 0 Å². The van der Waals surface area contributed by atoms with Gasteiger partial charge in [0, 0.05) is 7.14 Å². The van der Waals surface area contributed by atoms with Gasteiger partial charge in [-0.05, 0) is 80.6 Å². The van der Waals surface area contributed by atoms with Gasteiger partial charge in [0.1, 0.15) is 0 Å². The van der Waals surface area contributed by atoms with E-state index in [-0.39, 0.29) is 11.8 Å². The summed E-state index contributed by atoms with van der Waals surface area (Å²) in [6, 6.07) is 21.9. The molecule has 30 heavy (non-hydrogen) atoms. The molecule has 0 saturated heterocycles. The van der Waals surface area contributed by atoms with Crippen LogP contribution in [0.25, 0.3) is 0 Å². The first-order chi connectivity index (χ1) is 14.5. The second-order valence-corrected chi connectivity index (χ2v) is 8.35. The number of carbonyl (C=O) groups is 2. The lowest BCUT2D eigenvalue weighted by Gasteiger charge is -2.02. The molecule has 0 atom stereocenters. The van der Waals surface area contributed by atoms with Crippen molar-refractivity contribution in [2.75, 3.05) is 0 Å². The zero-order chi connectivity index (χ0) is 21.3. The predicted molar refractivity (Wildman–Crippen MR) is 135 cm³/mol. The van der Waals surface area contributed by atoms with Gasteiger partial charge in [0.25, 0.3) is 11.8 Å². The van der Waals surface area contributed by atoms with Crippen LogP contribution in [-0.4, -0.2) is 24.2 Å². The first kappa shape index (κ1) is 22.1. The zero-order valence-electron chi connectivity index (χ0n) is 15.5. The monoisotopic (exact) mass is 622 g/mol. The fraction of sp³-hybridized carbons (Fsp3) is 0. The summed E-state index contributed by atoms with van der Waals surface area (Å²) in [5, 5.41) is 7.99. The van der Waals surface area contributed by atoms with E-state index in [0.29, 0.717) is 11.1 Å². The van der Waals surface area contributed by atoms with Gasteiger partial charge in [-0.15, -0.1) is 0 Å². The Balaban J connectivity index is 1.53. The maximum atomic E-state index is 12.1. The lowest BCUT2D eigenvalue weighted by atomic mass is 10.2. The molecule has 2 amide bonds. The summed E-state index contributed by atoms with van der Waals surface area (Å²) < 4.78 is 1.72. The summed E-state index contributed by atoms with van der Waals surface area (Å²) in [5.41, 5.74) is 7.83. The third-order valence-corrected chi connectivity index (χ3v) is 5.81. The quantitative estimate of drug-likeness (QED) is 0.243. The van der Waals surface area contributed by atoms with E-state index in [1.807, 2.05) is 60.7 Å². The number of hydrogen-bond acceptors (Lipinski definition) is 4. The van der Waals surface area contributed by atoms with E-state index >= 15 is 0 Å². The Morgan fingerprint density at radius 1 is 0.633 bits per heavy atom. The van der Waals surface area contributed by atoms with Crippen molar-refractivity contribution < 1.29 is 9.59 Å². The Hall–Kier alpha value is -2.60. The van der Waals surface area contributed by atoms with E-state index < -0.39 is 0 Å². The highest BCUT2D eigenvalue weighted by Gasteiger charge is 2.08. The van der Waals surface area contributed by atoms with Crippen LogP contribution in [0.15, 0.2) is 83.0 Å². The molecule has 0 unspecified atom stereocenters. The largest absolute Gasteiger partial charge is 0.272 e. The van der Waals surface area contributed by atoms with Crippen molar-refractivity contribution in [1.29, 1.82) is 0 Å². The fourth-order valence-electron chi connectivity index (χ4n) is 2.41. The van der Waals surface area contributed by atoms with Crippen LogP contribution in [0, 0.1) is 7.14 Å². The van der Waals surface area contributed by atoms with Crippen molar-refractivity contribution in [3.05, 3.63) is 102 Å². The van der Waals surface area contributed by atoms with Crippen LogP contribution in [0.5, 0.6) is 0 Å². The number of halogens is 2. The zero-order valence-corrected chi connectivity index (χ0v) is 19.9. The normalized spacial score (nSPS) is 11.0. The van der Waals surface area contributed by atoms with Gasteiger partial charge in [0.2, 0.25) is 0 Å². The van der Waals surface area contributed by atoms with Crippen molar-refractivity contribution in [2.45, 2.75) is 0 Å². The standard InChI is InChI=1S/C22H16I2N4O2/c23-19-7-3-1-5-17(19)21(29)27-25-13-15-9-11-16(12-10-15)14-26-28-22(30)18-6-2-4-8-20(18)24/h1-14H,(H,27,29)(H,28,30)/b25-13-,26-14-. The van der Waals surface area contributed by atoms with Gasteiger partial charge in [-0.3, -0.25) is 9.59 Å². The molecule has 0 fully saturated rings. The molecule has 0 aliphatic rings. The van der Waals surface area contributed by atoms with Crippen LogP contribution >= 0.6 is 45.2 Å². The molecule has 0 aliphatic heterocycles. The molecule has 3 aromatic rings. The summed E-state index contributed by atoms with van der Waals surface area (Å²) in [7, 11) is 0. The highest BCUT2D eigenvalue weighted by molar-refractivity contribution is 14.1. The van der Waals surface area contributed by atoms with Crippen molar-refractivity contribution in [3.63, 3.8) is 0 Å². The lowest BCUT2D eigenvalue weighted by molar-refractivity contribution is 0.0946. The SMILES string of the molecule is O=C(N/N=C\c1ccc(/C=N\NC(=O)c2ccccc2I)cc1)c1ccccc1I. The lowest BCUT2D eigenvalue weighted by Crippen LogP contribution is -2.18. The molecule has 0 heterocycles. The van der Waals surface area contributed by atoms with E-state index in [0.717, 1.165) is 18.3 Å². The second kappa shape index (κ2) is 11.0. The maximum Gasteiger partial charge on any atom is 0.272 e. The highest BCUT2D eigenvalue weighted by Crippen LogP contribution is 2.12. The summed E-state index contributed by atoms with van der Waals surface area (Å²) >= 11 is 4.22. The van der Waals surface area contributed by atoms with Crippen LogP contribution in [0.2, 0.25) is 0 Å². The maximum absolute atomic E-state index is 12.1. The molecule has 0 radical (unpaired) electrons. The highest BCUT2D eigenvalue weighted by atomic mass is 127. The molecular weight excluding hydrogens is 606 g/mol. The number of amides is 2. The average molecular weight is 622 g/mol. The number of rotatable bonds is 6. The molecule has 0 spiro atoms. The smallest absolute Gasteiger partial charge is 0.267 e. The molecule has 0 bridgehead atoms. The first-order valence-corrected chi connectivity index (χ1v) is 11.0. The van der Waals surface area contributed by atoms with E-state index in [1.54, 1.807) is 24.6 Å². The third kappa shape index (κ3) is 6.20. The molecule has 2 N–H and O–H groups in total. The van der Waals surface area contributed by atoms with Gasteiger partial charge in [0.05, 0.1) is 23.6 Å². The van der Waals surface area contributed by atoms with Crippen molar-refractivity contribution >= 4 is 69.4 Å². The Morgan fingerprint density at radius 3 is 1.37 bits per heavy atom. The second-order valence-electron chi connectivity index (χ2n) is 6.02. The van der Waals surface area contributed by atoms with E-state index in [9.17, 15) is 9.59 Å². The van der Waals surface area contributed by atoms with E-state index in [2.05, 4.69) is 66.2 Å². The van der Waals surface area contributed by atoms with Crippen LogP contribution in [0.3, 0.4) is 0 Å². The van der Waals surface area contributed by atoms with Gasteiger partial charge in [-0.25, -0.2) is 10.9 Å². The summed E-state index contributed by atoms with van der Waals surface area (Å²) in [5.74, 6) is -0.521. The molecule has 0 aromatic heterocycles. The minimum absolute atomic E-state index is 0.260. The Bertz CT molecular complexity index is 1020. The molecule has 3 rings (SSSR count). The van der Waals surface area contributed by atoms with Gasteiger partial charge in [-0.1, -0.05) is 48.5 Å². The van der Waals surface area contributed by atoms with Crippen LogP contribution < -0.4 is 10.9 Å². The number of carbonyl (C=O) groups excluding carboxylic acids is 2. The third-order valence-electron chi connectivity index (χ3n) is 3.93. The Morgan fingerprint density at radius 2 is 1.00 bits per heavy atom. The van der Waals surface area contributed by atoms with Crippen LogP contribution in [0.1, 0.15) is 31.8 Å². The fourth-order valence-corrected chi connectivity index (χ4v) is 3.67. The van der Waals surface area contributed by atoms with E-state index in [1.165, 1.54) is 0 Å². The molecule has 150 valence electrons. The molecule has 8 heteroatoms. The molecule has 6 nitrogen and oxygen atoms in total. The molecular formula is C22H16I2N4O2. The summed E-state index contributed by atoms with van der Waals surface area (Å²) in [6.07, 6.45) is 3.13. The first-order valence-electron chi connectivity index (χ1n) is 8.80. The number of benzene rings is 3. The topological polar surface area (TPSA) is 82.9 Å². The van der Waals surface area contributed by atoms with Crippen LogP contribution in [-0.2, 0) is 0 Å². The predicted octanol–water partition coefficient (Wildman–Crippen LogP) is 4.42. The Labute approximate surface area is 201 Å².